The summed E-state index contributed by atoms with van der Waals surface area (Å²) in [5.74, 6) is 3.31. The molecule has 3 heterocycles. The standard InChI is InChI=1S/C19H24N4O2/c1-12-7-18-21-10-14(11-23(18)22-12)9-20-13(2)17-8-15-5-4-6-16(24-3)19(15)25-17/h4-8,13-14,20-21H,9-11H2,1-3H3. The number of hydrogen-bond donors (Lipinski definition) is 2. The molecule has 0 bridgehead atoms. The molecular weight excluding hydrogens is 316 g/mol. The molecule has 0 saturated carbocycles. The minimum absolute atomic E-state index is 0.137. The summed E-state index contributed by atoms with van der Waals surface area (Å²) in [4.78, 5) is 0. The second-order valence-electron chi connectivity index (χ2n) is 6.76. The van der Waals surface area contributed by atoms with Crippen LogP contribution in [0.1, 0.15) is 24.4 Å². The van der Waals surface area contributed by atoms with E-state index in [4.69, 9.17) is 9.15 Å². The summed E-state index contributed by atoms with van der Waals surface area (Å²) in [6.45, 7) is 6.95. The van der Waals surface area contributed by atoms with Gasteiger partial charge in [-0.1, -0.05) is 12.1 Å². The first kappa shape index (κ1) is 16.0. The number of furan rings is 1. The third kappa shape index (κ3) is 3.09. The lowest BCUT2D eigenvalue weighted by molar-refractivity contribution is 0.357. The van der Waals surface area contributed by atoms with Gasteiger partial charge in [0.15, 0.2) is 11.3 Å². The highest BCUT2D eigenvalue weighted by atomic mass is 16.5. The van der Waals surface area contributed by atoms with Gasteiger partial charge in [-0.05, 0) is 26.0 Å². The Morgan fingerprint density at radius 1 is 1.44 bits per heavy atom. The summed E-state index contributed by atoms with van der Waals surface area (Å²) >= 11 is 0. The van der Waals surface area contributed by atoms with Crippen molar-refractivity contribution in [1.82, 2.24) is 15.1 Å². The van der Waals surface area contributed by atoms with Crippen LogP contribution in [0, 0.1) is 12.8 Å². The summed E-state index contributed by atoms with van der Waals surface area (Å²) in [6, 6.07) is 10.3. The average molecular weight is 340 g/mol. The number of methoxy groups -OCH3 is 1. The molecule has 1 aliphatic rings. The van der Waals surface area contributed by atoms with Crippen molar-refractivity contribution in [2.45, 2.75) is 26.4 Å². The summed E-state index contributed by atoms with van der Waals surface area (Å²) < 4.78 is 13.5. The van der Waals surface area contributed by atoms with Crippen molar-refractivity contribution in [3.63, 3.8) is 0 Å². The highest BCUT2D eigenvalue weighted by molar-refractivity contribution is 5.83. The molecule has 1 aliphatic heterocycles. The number of ether oxygens (including phenoxy) is 1. The number of rotatable bonds is 5. The van der Waals surface area contributed by atoms with Gasteiger partial charge in [-0.25, -0.2) is 4.68 Å². The molecular formula is C19H24N4O2. The van der Waals surface area contributed by atoms with Crippen molar-refractivity contribution in [2.75, 3.05) is 25.5 Å². The predicted octanol–water partition coefficient (Wildman–Crippen LogP) is 3.34. The molecule has 2 unspecified atom stereocenters. The Kier molecular flexibility index (Phi) is 4.13. The number of para-hydroxylation sites is 1. The van der Waals surface area contributed by atoms with Gasteiger partial charge in [0, 0.05) is 37.0 Å². The van der Waals surface area contributed by atoms with Gasteiger partial charge in [0.05, 0.1) is 18.8 Å². The molecule has 4 rings (SSSR count). The van der Waals surface area contributed by atoms with Crippen LogP contribution in [0.5, 0.6) is 5.75 Å². The predicted molar refractivity (Wildman–Crippen MR) is 98.1 cm³/mol. The fourth-order valence-corrected chi connectivity index (χ4v) is 3.40. The Morgan fingerprint density at radius 3 is 3.16 bits per heavy atom. The zero-order valence-electron chi connectivity index (χ0n) is 14.9. The first-order valence-electron chi connectivity index (χ1n) is 8.72. The summed E-state index contributed by atoms with van der Waals surface area (Å²) in [5, 5.41) is 12.6. The minimum atomic E-state index is 0.137. The molecule has 132 valence electrons. The molecule has 6 heteroatoms. The summed E-state index contributed by atoms with van der Waals surface area (Å²) in [6.07, 6.45) is 0. The van der Waals surface area contributed by atoms with Gasteiger partial charge in [-0.15, -0.1) is 0 Å². The van der Waals surface area contributed by atoms with Gasteiger partial charge in [-0.3, -0.25) is 0 Å². The van der Waals surface area contributed by atoms with Crippen LogP contribution in [-0.2, 0) is 6.54 Å². The zero-order valence-corrected chi connectivity index (χ0v) is 14.9. The number of nitrogens with one attached hydrogen (secondary N) is 2. The Labute approximate surface area is 147 Å². The zero-order chi connectivity index (χ0) is 17.4. The molecule has 6 nitrogen and oxygen atoms in total. The van der Waals surface area contributed by atoms with Gasteiger partial charge in [-0.2, -0.15) is 5.10 Å². The quantitative estimate of drug-likeness (QED) is 0.746. The number of aryl methyl sites for hydroxylation is 1. The van der Waals surface area contributed by atoms with Crippen LogP contribution in [0.2, 0.25) is 0 Å². The maximum absolute atomic E-state index is 6.03. The highest BCUT2D eigenvalue weighted by Gasteiger charge is 2.21. The van der Waals surface area contributed by atoms with E-state index < -0.39 is 0 Å². The number of aromatic nitrogens is 2. The first-order valence-corrected chi connectivity index (χ1v) is 8.72. The maximum atomic E-state index is 6.03. The fourth-order valence-electron chi connectivity index (χ4n) is 3.40. The second kappa shape index (κ2) is 6.44. The van der Waals surface area contributed by atoms with E-state index in [9.17, 15) is 0 Å². The van der Waals surface area contributed by atoms with Crippen LogP contribution in [0.15, 0.2) is 34.7 Å². The summed E-state index contributed by atoms with van der Waals surface area (Å²) in [7, 11) is 1.67. The van der Waals surface area contributed by atoms with Crippen LogP contribution in [0.4, 0.5) is 5.82 Å². The number of nitrogens with zero attached hydrogens (tertiary/aromatic N) is 2. The van der Waals surface area contributed by atoms with Crippen LogP contribution in [-0.4, -0.2) is 30.0 Å². The van der Waals surface area contributed by atoms with Gasteiger partial charge < -0.3 is 19.8 Å². The van der Waals surface area contributed by atoms with E-state index in [1.165, 1.54) is 0 Å². The summed E-state index contributed by atoms with van der Waals surface area (Å²) in [5.41, 5.74) is 1.87. The largest absolute Gasteiger partial charge is 0.493 e. The topological polar surface area (TPSA) is 64.2 Å². The van der Waals surface area contributed by atoms with Gasteiger partial charge in [0.25, 0.3) is 0 Å². The third-order valence-corrected chi connectivity index (χ3v) is 4.79. The Bertz CT molecular complexity index is 883. The lowest BCUT2D eigenvalue weighted by Crippen LogP contribution is -2.36. The average Bonchev–Trinajstić information content (AvgIpc) is 3.21. The first-order chi connectivity index (χ1) is 12.1. The second-order valence-corrected chi connectivity index (χ2v) is 6.76. The smallest absolute Gasteiger partial charge is 0.176 e. The van der Waals surface area contributed by atoms with E-state index in [0.29, 0.717) is 5.92 Å². The van der Waals surface area contributed by atoms with Crippen molar-refractivity contribution in [2.24, 2.45) is 5.92 Å². The van der Waals surface area contributed by atoms with E-state index in [2.05, 4.69) is 39.5 Å². The van der Waals surface area contributed by atoms with Crippen molar-refractivity contribution >= 4 is 16.8 Å². The van der Waals surface area contributed by atoms with Crippen molar-refractivity contribution in [1.29, 1.82) is 0 Å². The Morgan fingerprint density at radius 2 is 2.32 bits per heavy atom. The van der Waals surface area contributed by atoms with E-state index in [-0.39, 0.29) is 6.04 Å². The Hall–Kier alpha value is -2.47. The van der Waals surface area contributed by atoms with Crippen molar-refractivity contribution in [3.8, 4) is 5.75 Å². The normalized spacial score (nSPS) is 18.0. The third-order valence-electron chi connectivity index (χ3n) is 4.79. The molecule has 0 saturated heterocycles. The van der Waals surface area contributed by atoms with Crippen LogP contribution in [0.3, 0.4) is 0 Å². The fraction of sp³-hybridized carbons (Fsp3) is 0.421. The molecule has 25 heavy (non-hydrogen) atoms. The monoisotopic (exact) mass is 340 g/mol. The van der Waals surface area contributed by atoms with Crippen LogP contribution in [0.25, 0.3) is 11.0 Å². The number of fused-ring (bicyclic) bond motifs is 2. The molecule has 2 N–H and O–H groups in total. The van der Waals surface area contributed by atoms with Crippen molar-refractivity contribution in [3.05, 3.63) is 41.8 Å². The lowest BCUT2D eigenvalue weighted by atomic mass is 10.1. The van der Waals surface area contributed by atoms with E-state index >= 15 is 0 Å². The number of benzene rings is 1. The SMILES string of the molecule is COc1cccc2cc(C(C)NCC3CNc4cc(C)nn4C3)oc12. The molecule has 1 aromatic carbocycles. The lowest BCUT2D eigenvalue weighted by Gasteiger charge is -2.26. The minimum Gasteiger partial charge on any atom is -0.493 e. The van der Waals surface area contributed by atoms with E-state index in [1.54, 1.807) is 7.11 Å². The molecule has 3 aromatic rings. The van der Waals surface area contributed by atoms with Crippen LogP contribution >= 0.6 is 0 Å². The Balaban J connectivity index is 1.42. The van der Waals surface area contributed by atoms with Gasteiger partial charge in [0.1, 0.15) is 11.6 Å². The molecule has 0 radical (unpaired) electrons. The van der Waals surface area contributed by atoms with E-state index in [0.717, 1.165) is 53.6 Å². The van der Waals surface area contributed by atoms with Crippen LogP contribution < -0.4 is 15.4 Å². The number of hydrogen-bond acceptors (Lipinski definition) is 5. The van der Waals surface area contributed by atoms with E-state index in [1.807, 2.05) is 25.1 Å². The highest BCUT2D eigenvalue weighted by Crippen LogP contribution is 2.31. The number of anilines is 1. The molecule has 0 aliphatic carbocycles. The molecule has 0 spiro atoms. The molecule has 0 fully saturated rings. The molecule has 0 amide bonds. The maximum Gasteiger partial charge on any atom is 0.176 e. The van der Waals surface area contributed by atoms with Gasteiger partial charge in [0.2, 0.25) is 0 Å². The van der Waals surface area contributed by atoms with Gasteiger partial charge >= 0.3 is 0 Å². The van der Waals surface area contributed by atoms with Crippen molar-refractivity contribution < 1.29 is 9.15 Å². The molecule has 2 aromatic heterocycles. The molecule has 2 atom stereocenters.